The monoisotopic (exact) mass is 258 g/mol. The molecule has 5 nitrogen and oxygen atoms in total. The zero-order valence-electron chi connectivity index (χ0n) is 10.5. The van der Waals surface area contributed by atoms with Gasteiger partial charge in [0, 0.05) is 18.2 Å². The Labute approximate surface area is 110 Å². The molecule has 1 aromatic heterocycles. The standard InChI is InChI=1S/C14H14N2O3/c1-2-8-16-13(17)7-6-12(15-16)10-4-3-5-11(9-10)14(18)19/h3-7,9H,2,8H2,1H3,(H,18,19). The lowest BCUT2D eigenvalue weighted by molar-refractivity contribution is 0.0697. The molecule has 0 aliphatic rings. The lowest BCUT2D eigenvalue weighted by atomic mass is 10.1. The van der Waals surface area contributed by atoms with Crippen molar-refractivity contribution in [2.24, 2.45) is 0 Å². The number of aryl methyl sites for hydroxylation is 1. The molecule has 0 aliphatic heterocycles. The zero-order valence-corrected chi connectivity index (χ0v) is 10.5. The molecule has 0 saturated carbocycles. The van der Waals surface area contributed by atoms with Gasteiger partial charge in [0.2, 0.25) is 0 Å². The number of carbonyl (C=O) groups is 1. The molecule has 98 valence electrons. The van der Waals surface area contributed by atoms with Crippen LogP contribution in [0.2, 0.25) is 0 Å². The molecular formula is C14H14N2O3. The predicted octanol–water partition coefficient (Wildman–Crippen LogP) is 2.02. The van der Waals surface area contributed by atoms with Gasteiger partial charge < -0.3 is 5.11 Å². The number of nitrogens with zero attached hydrogens (tertiary/aromatic N) is 2. The summed E-state index contributed by atoms with van der Waals surface area (Å²) >= 11 is 0. The summed E-state index contributed by atoms with van der Waals surface area (Å²) in [6, 6.07) is 9.56. The van der Waals surface area contributed by atoms with E-state index in [2.05, 4.69) is 5.10 Å². The van der Waals surface area contributed by atoms with Gasteiger partial charge in [-0.2, -0.15) is 5.10 Å². The van der Waals surface area contributed by atoms with Crippen molar-refractivity contribution in [3.8, 4) is 11.3 Å². The summed E-state index contributed by atoms with van der Waals surface area (Å²) in [4.78, 5) is 22.5. The van der Waals surface area contributed by atoms with E-state index in [1.54, 1.807) is 24.3 Å². The van der Waals surface area contributed by atoms with Gasteiger partial charge >= 0.3 is 5.97 Å². The quantitative estimate of drug-likeness (QED) is 0.910. The Kier molecular flexibility index (Phi) is 3.75. The van der Waals surface area contributed by atoms with E-state index in [1.807, 2.05) is 6.92 Å². The van der Waals surface area contributed by atoms with Crippen molar-refractivity contribution in [1.82, 2.24) is 9.78 Å². The number of carboxylic acids is 1. The first-order chi connectivity index (χ1) is 9.11. The number of aromatic carboxylic acids is 1. The van der Waals surface area contributed by atoms with Crippen LogP contribution in [-0.4, -0.2) is 20.9 Å². The number of carboxylic acid groups (broad SMARTS) is 1. The van der Waals surface area contributed by atoms with Gasteiger partial charge in [0.15, 0.2) is 0 Å². The molecule has 0 bridgehead atoms. The molecule has 0 amide bonds. The highest BCUT2D eigenvalue weighted by Crippen LogP contribution is 2.17. The fraction of sp³-hybridized carbons (Fsp3) is 0.214. The molecule has 2 rings (SSSR count). The van der Waals surface area contributed by atoms with Crippen molar-refractivity contribution >= 4 is 5.97 Å². The average molecular weight is 258 g/mol. The highest BCUT2D eigenvalue weighted by Gasteiger charge is 2.07. The van der Waals surface area contributed by atoms with Crippen molar-refractivity contribution in [2.75, 3.05) is 0 Å². The molecule has 19 heavy (non-hydrogen) atoms. The van der Waals surface area contributed by atoms with Gasteiger partial charge in [0.1, 0.15) is 0 Å². The van der Waals surface area contributed by atoms with Crippen LogP contribution in [0.3, 0.4) is 0 Å². The second-order valence-corrected chi connectivity index (χ2v) is 4.17. The van der Waals surface area contributed by atoms with Crippen LogP contribution in [0.4, 0.5) is 0 Å². The van der Waals surface area contributed by atoms with Gasteiger partial charge in [-0.05, 0) is 24.6 Å². The van der Waals surface area contributed by atoms with Gasteiger partial charge in [-0.3, -0.25) is 4.79 Å². The van der Waals surface area contributed by atoms with E-state index in [-0.39, 0.29) is 11.1 Å². The van der Waals surface area contributed by atoms with E-state index >= 15 is 0 Å². The molecule has 1 heterocycles. The molecule has 0 atom stereocenters. The predicted molar refractivity (Wildman–Crippen MR) is 71.2 cm³/mol. The van der Waals surface area contributed by atoms with E-state index in [0.29, 0.717) is 17.8 Å². The van der Waals surface area contributed by atoms with Gasteiger partial charge in [0.25, 0.3) is 5.56 Å². The van der Waals surface area contributed by atoms with Crippen LogP contribution in [-0.2, 0) is 6.54 Å². The number of rotatable bonds is 4. The summed E-state index contributed by atoms with van der Waals surface area (Å²) in [6.45, 7) is 2.51. The number of hydrogen-bond acceptors (Lipinski definition) is 3. The third kappa shape index (κ3) is 2.88. The first kappa shape index (κ1) is 13.0. The van der Waals surface area contributed by atoms with Gasteiger partial charge in [-0.25, -0.2) is 9.48 Å². The van der Waals surface area contributed by atoms with E-state index in [1.165, 1.54) is 16.8 Å². The minimum absolute atomic E-state index is 0.153. The molecule has 0 fully saturated rings. The van der Waals surface area contributed by atoms with Crippen LogP contribution in [0.15, 0.2) is 41.2 Å². The van der Waals surface area contributed by atoms with Crippen LogP contribution >= 0.6 is 0 Å². The molecule has 0 aliphatic carbocycles. The summed E-state index contributed by atoms with van der Waals surface area (Å²) in [7, 11) is 0. The minimum atomic E-state index is -0.983. The number of benzene rings is 1. The van der Waals surface area contributed by atoms with Crippen LogP contribution < -0.4 is 5.56 Å². The molecule has 1 N–H and O–H groups in total. The molecular weight excluding hydrogens is 244 g/mol. The average Bonchev–Trinajstić information content (AvgIpc) is 2.41. The smallest absolute Gasteiger partial charge is 0.335 e. The summed E-state index contributed by atoms with van der Waals surface area (Å²) in [5, 5.41) is 13.2. The minimum Gasteiger partial charge on any atom is -0.478 e. The van der Waals surface area contributed by atoms with Crippen molar-refractivity contribution in [1.29, 1.82) is 0 Å². The Morgan fingerprint density at radius 2 is 2.11 bits per heavy atom. The Hall–Kier alpha value is -2.43. The SMILES string of the molecule is CCCn1nc(-c2cccc(C(=O)O)c2)ccc1=O. The highest BCUT2D eigenvalue weighted by atomic mass is 16.4. The van der Waals surface area contributed by atoms with Crippen molar-refractivity contribution in [3.05, 3.63) is 52.3 Å². The maximum atomic E-state index is 11.6. The molecule has 5 heteroatoms. The fourth-order valence-corrected chi connectivity index (χ4v) is 1.79. The van der Waals surface area contributed by atoms with Crippen molar-refractivity contribution < 1.29 is 9.90 Å². The normalized spacial score (nSPS) is 10.4. The zero-order chi connectivity index (χ0) is 13.8. The summed E-state index contributed by atoms with van der Waals surface area (Å²) < 4.78 is 1.39. The number of aromatic nitrogens is 2. The fourth-order valence-electron chi connectivity index (χ4n) is 1.79. The van der Waals surface area contributed by atoms with Crippen LogP contribution in [0, 0.1) is 0 Å². The van der Waals surface area contributed by atoms with E-state index in [9.17, 15) is 9.59 Å². The Morgan fingerprint density at radius 3 is 2.79 bits per heavy atom. The van der Waals surface area contributed by atoms with Crippen LogP contribution in [0.1, 0.15) is 23.7 Å². The first-order valence-electron chi connectivity index (χ1n) is 6.03. The van der Waals surface area contributed by atoms with Crippen LogP contribution in [0.5, 0.6) is 0 Å². The molecule has 0 unspecified atom stereocenters. The molecule has 0 spiro atoms. The van der Waals surface area contributed by atoms with E-state index in [0.717, 1.165) is 6.42 Å². The van der Waals surface area contributed by atoms with Gasteiger partial charge in [-0.15, -0.1) is 0 Å². The molecule has 2 aromatic rings. The second kappa shape index (κ2) is 5.48. The Balaban J connectivity index is 2.47. The van der Waals surface area contributed by atoms with Crippen molar-refractivity contribution in [3.63, 3.8) is 0 Å². The van der Waals surface area contributed by atoms with Crippen LogP contribution in [0.25, 0.3) is 11.3 Å². The first-order valence-corrected chi connectivity index (χ1v) is 6.03. The maximum absolute atomic E-state index is 11.6. The third-order valence-electron chi connectivity index (χ3n) is 2.71. The summed E-state index contributed by atoms with van der Waals surface area (Å²) in [5.74, 6) is -0.983. The topological polar surface area (TPSA) is 72.2 Å². The van der Waals surface area contributed by atoms with Crippen molar-refractivity contribution in [2.45, 2.75) is 19.9 Å². The molecule has 0 saturated heterocycles. The summed E-state index contributed by atoms with van der Waals surface area (Å²) in [6.07, 6.45) is 0.811. The molecule has 1 aromatic carbocycles. The number of hydrogen-bond donors (Lipinski definition) is 1. The highest BCUT2D eigenvalue weighted by molar-refractivity contribution is 5.89. The lowest BCUT2D eigenvalue weighted by Gasteiger charge is -2.06. The van der Waals surface area contributed by atoms with E-state index in [4.69, 9.17) is 5.11 Å². The Morgan fingerprint density at radius 1 is 1.32 bits per heavy atom. The largest absolute Gasteiger partial charge is 0.478 e. The van der Waals surface area contributed by atoms with Gasteiger partial charge in [0.05, 0.1) is 11.3 Å². The lowest BCUT2D eigenvalue weighted by Crippen LogP contribution is -2.21. The molecule has 0 radical (unpaired) electrons. The van der Waals surface area contributed by atoms with Gasteiger partial charge in [-0.1, -0.05) is 19.1 Å². The third-order valence-corrected chi connectivity index (χ3v) is 2.71. The summed E-state index contributed by atoms with van der Waals surface area (Å²) in [5.41, 5.74) is 1.33. The Bertz CT molecular complexity index is 662. The maximum Gasteiger partial charge on any atom is 0.335 e. The van der Waals surface area contributed by atoms with E-state index < -0.39 is 5.97 Å². The second-order valence-electron chi connectivity index (χ2n) is 4.17.